The van der Waals surface area contributed by atoms with Crippen molar-refractivity contribution in [1.29, 1.82) is 0 Å². The fourth-order valence-corrected chi connectivity index (χ4v) is 2.98. The van der Waals surface area contributed by atoms with Crippen LogP contribution in [0.25, 0.3) is 0 Å². The Balaban J connectivity index is 1.98. The van der Waals surface area contributed by atoms with Crippen molar-refractivity contribution >= 4 is 35.2 Å². The van der Waals surface area contributed by atoms with Crippen LogP contribution in [0.2, 0.25) is 0 Å². The van der Waals surface area contributed by atoms with E-state index in [1.54, 1.807) is 56.6 Å². The van der Waals surface area contributed by atoms with Gasteiger partial charge < -0.3 is 14.2 Å². The Kier molecular flexibility index (Phi) is 6.95. The zero-order chi connectivity index (χ0) is 21.5. The van der Waals surface area contributed by atoms with Crippen molar-refractivity contribution in [3.8, 4) is 5.75 Å². The second kappa shape index (κ2) is 9.82. The van der Waals surface area contributed by atoms with Crippen LogP contribution in [0.3, 0.4) is 0 Å². The minimum absolute atomic E-state index is 0.260. The van der Waals surface area contributed by atoms with Crippen LogP contribution in [0.4, 0.5) is 11.4 Å². The number of carbonyl (C=O) groups excluding carboxylic acids is 2. The minimum Gasteiger partial charge on any atom is -0.497 e. The van der Waals surface area contributed by atoms with Crippen LogP contribution in [-0.4, -0.2) is 44.2 Å². The van der Waals surface area contributed by atoms with Crippen LogP contribution >= 0.6 is 0 Å². The molecule has 1 unspecified atom stereocenters. The number of ether oxygens (including phenoxy) is 3. The van der Waals surface area contributed by atoms with Gasteiger partial charge in [-0.25, -0.2) is 4.79 Å². The molecule has 7 heteroatoms. The monoisotopic (exact) mass is 408 g/mol. The molecule has 0 aliphatic carbocycles. The van der Waals surface area contributed by atoms with E-state index in [1.807, 2.05) is 13.0 Å². The summed E-state index contributed by atoms with van der Waals surface area (Å²) in [7, 11) is 1.57. The molecule has 3 rings (SSSR count). The molecule has 0 saturated heterocycles. The van der Waals surface area contributed by atoms with Crippen LogP contribution in [-0.2, 0) is 14.3 Å². The Morgan fingerprint density at radius 1 is 1.07 bits per heavy atom. The van der Waals surface area contributed by atoms with Gasteiger partial charge in [0.2, 0.25) is 0 Å². The van der Waals surface area contributed by atoms with Gasteiger partial charge in [0.15, 0.2) is 0 Å². The summed E-state index contributed by atoms with van der Waals surface area (Å²) >= 11 is 0. The molecule has 0 spiro atoms. The summed E-state index contributed by atoms with van der Waals surface area (Å²) in [6.45, 7) is 4.33. The number of esters is 2. The first kappa shape index (κ1) is 21.2. The molecule has 2 aromatic rings. The first-order chi connectivity index (χ1) is 14.6. The first-order valence-electron chi connectivity index (χ1n) is 9.82. The molecule has 0 aromatic heterocycles. The van der Waals surface area contributed by atoms with Gasteiger partial charge in [-0.3, -0.25) is 14.8 Å². The third-order valence-electron chi connectivity index (χ3n) is 4.47. The van der Waals surface area contributed by atoms with Crippen LogP contribution in [0.15, 0.2) is 52.4 Å². The highest BCUT2D eigenvalue weighted by molar-refractivity contribution is 6.25. The first-order valence-corrected chi connectivity index (χ1v) is 9.82. The predicted molar refractivity (Wildman–Crippen MR) is 114 cm³/mol. The topological polar surface area (TPSA) is 86.5 Å². The van der Waals surface area contributed by atoms with Crippen molar-refractivity contribution in [3.05, 3.63) is 53.6 Å². The van der Waals surface area contributed by atoms with E-state index >= 15 is 0 Å². The molecule has 2 aromatic carbocycles. The molecule has 30 heavy (non-hydrogen) atoms. The Morgan fingerprint density at radius 2 is 1.83 bits per heavy atom. The highest BCUT2D eigenvalue weighted by Gasteiger charge is 2.30. The molecule has 156 valence electrons. The van der Waals surface area contributed by atoms with E-state index in [0.717, 1.165) is 6.42 Å². The van der Waals surface area contributed by atoms with Crippen LogP contribution in [0, 0.1) is 5.92 Å². The maximum absolute atomic E-state index is 12.5. The molecule has 0 radical (unpaired) electrons. The fraction of sp³-hybridized carbons (Fsp3) is 0.304. The van der Waals surface area contributed by atoms with Crippen molar-refractivity contribution in [2.75, 3.05) is 20.3 Å². The van der Waals surface area contributed by atoms with E-state index < -0.39 is 11.9 Å². The number of nitrogens with zero attached hydrogens (tertiary/aromatic N) is 2. The molecular formula is C23H24N2O5. The standard InChI is InChI=1S/C23H24N2O5/c1-4-12-30-22(26)15-6-8-16(9-7-15)25-21-18-13-17(28-3)10-11-20(18)24-14-19(21)23(27)29-5-2/h6-11,13-14,19H,4-5,12H2,1-3H3. The molecule has 1 atom stereocenters. The van der Waals surface area contributed by atoms with E-state index in [9.17, 15) is 9.59 Å². The van der Waals surface area contributed by atoms with Crippen LogP contribution in [0.5, 0.6) is 5.75 Å². The molecule has 7 nitrogen and oxygen atoms in total. The van der Waals surface area contributed by atoms with Crippen molar-refractivity contribution in [1.82, 2.24) is 0 Å². The van der Waals surface area contributed by atoms with E-state index in [2.05, 4.69) is 4.99 Å². The normalized spacial score (nSPS) is 16.1. The van der Waals surface area contributed by atoms with Gasteiger partial charge in [-0.05, 0) is 55.8 Å². The quantitative estimate of drug-likeness (QED) is 0.638. The van der Waals surface area contributed by atoms with Crippen molar-refractivity contribution < 1.29 is 23.8 Å². The van der Waals surface area contributed by atoms with Crippen LogP contribution in [0.1, 0.15) is 36.2 Å². The number of rotatable bonds is 7. The smallest absolute Gasteiger partial charge is 0.338 e. The lowest BCUT2D eigenvalue weighted by Gasteiger charge is -2.20. The zero-order valence-corrected chi connectivity index (χ0v) is 17.3. The van der Waals surface area contributed by atoms with E-state index in [0.29, 0.717) is 40.6 Å². The van der Waals surface area contributed by atoms with Gasteiger partial charge in [-0.2, -0.15) is 0 Å². The Bertz CT molecular complexity index is 980. The van der Waals surface area contributed by atoms with Gasteiger partial charge >= 0.3 is 11.9 Å². The lowest BCUT2D eigenvalue weighted by Crippen LogP contribution is -2.30. The van der Waals surface area contributed by atoms with E-state index in [4.69, 9.17) is 19.2 Å². The van der Waals surface area contributed by atoms with Crippen molar-refractivity contribution in [3.63, 3.8) is 0 Å². The summed E-state index contributed by atoms with van der Waals surface area (Å²) in [6.07, 6.45) is 2.30. The number of aliphatic imine (C=N–C) groups is 2. The molecule has 0 saturated carbocycles. The number of fused-ring (bicyclic) bond motifs is 1. The molecule has 1 aliphatic rings. The highest BCUT2D eigenvalue weighted by atomic mass is 16.5. The maximum Gasteiger partial charge on any atom is 0.338 e. The molecule has 0 N–H and O–H groups in total. The highest BCUT2D eigenvalue weighted by Crippen LogP contribution is 2.32. The zero-order valence-electron chi connectivity index (χ0n) is 17.3. The van der Waals surface area contributed by atoms with Gasteiger partial charge in [-0.1, -0.05) is 6.92 Å². The third-order valence-corrected chi connectivity index (χ3v) is 4.47. The number of benzene rings is 2. The summed E-state index contributed by atoms with van der Waals surface area (Å²) in [5.41, 5.74) is 2.94. The molecule has 0 fully saturated rings. The minimum atomic E-state index is -0.737. The average Bonchev–Trinajstić information content (AvgIpc) is 2.77. The number of hydrogen-bond donors (Lipinski definition) is 0. The summed E-state index contributed by atoms with van der Waals surface area (Å²) in [5.74, 6) is -0.900. The van der Waals surface area contributed by atoms with Gasteiger partial charge in [0.05, 0.1) is 43.0 Å². The SMILES string of the molecule is CCCOC(=O)c1ccc(N=C2c3cc(OC)ccc3N=CC2C(=O)OCC)cc1. The molecule has 0 bridgehead atoms. The average molecular weight is 408 g/mol. The van der Waals surface area contributed by atoms with E-state index in [1.165, 1.54) is 0 Å². The Hall–Kier alpha value is -3.48. The Morgan fingerprint density at radius 3 is 2.50 bits per heavy atom. The number of methoxy groups -OCH3 is 1. The summed E-state index contributed by atoms with van der Waals surface area (Å²) in [5, 5.41) is 0. The van der Waals surface area contributed by atoms with E-state index in [-0.39, 0.29) is 12.6 Å². The summed E-state index contributed by atoms with van der Waals surface area (Å²) < 4.78 is 15.7. The van der Waals surface area contributed by atoms with Gasteiger partial charge in [-0.15, -0.1) is 0 Å². The number of carbonyl (C=O) groups is 2. The second-order valence-corrected chi connectivity index (χ2v) is 6.57. The van der Waals surface area contributed by atoms with Crippen LogP contribution < -0.4 is 4.74 Å². The van der Waals surface area contributed by atoms with Crippen molar-refractivity contribution in [2.24, 2.45) is 15.9 Å². The summed E-state index contributed by atoms with van der Waals surface area (Å²) in [4.78, 5) is 33.6. The molecule has 1 aliphatic heterocycles. The fourth-order valence-electron chi connectivity index (χ4n) is 2.98. The molecule has 0 amide bonds. The lowest BCUT2D eigenvalue weighted by atomic mass is 9.93. The number of hydrogen-bond acceptors (Lipinski definition) is 7. The van der Waals surface area contributed by atoms with Gasteiger partial charge in [0, 0.05) is 11.8 Å². The lowest BCUT2D eigenvalue weighted by molar-refractivity contribution is -0.143. The molecular weight excluding hydrogens is 384 g/mol. The van der Waals surface area contributed by atoms with Gasteiger partial charge in [0.25, 0.3) is 0 Å². The van der Waals surface area contributed by atoms with Crippen molar-refractivity contribution in [2.45, 2.75) is 20.3 Å². The maximum atomic E-state index is 12.5. The summed E-state index contributed by atoms with van der Waals surface area (Å²) in [6, 6.07) is 12.1. The predicted octanol–water partition coefficient (Wildman–Crippen LogP) is 4.28. The molecule has 1 heterocycles. The Labute approximate surface area is 175 Å². The van der Waals surface area contributed by atoms with Gasteiger partial charge in [0.1, 0.15) is 11.7 Å². The largest absolute Gasteiger partial charge is 0.497 e. The second-order valence-electron chi connectivity index (χ2n) is 6.57. The third kappa shape index (κ3) is 4.74.